The number of hydrogen-bond acceptors (Lipinski definition) is 2. The first kappa shape index (κ1) is 11.3. The number of aromatic nitrogens is 2. The molecule has 0 aliphatic heterocycles. The molecule has 0 saturated carbocycles. The van der Waals surface area contributed by atoms with Crippen molar-refractivity contribution in [3.05, 3.63) is 46.9 Å². The maximum atomic E-state index is 9.83. The number of imidazole rings is 1. The lowest BCUT2D eigenvalue weighted by Gasteiger charge is -2.07. The molecule has 0 spiro atoms. The average Bonchev–Trinajstić information content (AvgIpc) is 2.94. The van der Waals surface area contributed by atoms with Crippen molar-refractivity contribution in [3.8, 4) is 5.88 Å². The number of nitrogens with zero attached hydrogens (tertiary/aromatic N) is 1. The first-order valence-electron chi connectivity index (χ1n) is 6.65. The first-order valence-corrected chi connectivity index (χ1v) is 6.65. The van der Waals surface area contributed by atoms with Gasteiger partial charge in [0, 0.05) is 5.92 Å². The van der Waals surface area contributed by atoms with Crippen LogP contribution in [0.25, 0.3) is 0 Å². The van der Waals surface area contributed by atoms with Gasteiger partial charge in [-0.1, -0.05) is 37.6 Å². The molecule has 0 radical (unpaired) electrons. The van der Waals surface area contributed by atoms with Crippen molar-refractivity contribution in [1.82, 2.24) is 9.97 Å². The van der Waals surface area contributed by atoms with E-state index in [1.165, 1.54) is 11.1 Å². The zero-order valence-electron chi connectivity index (χ0n) is 10.6. The Balaban J connectivity index is 1.95. The van der Waals surface area contributed by atoms with E-state index in [1.54, 1.807) is 0 Å². The Kier molecular flexibility index (Phi) is 2.82. The van der Waals surface area contributed by atoms with Crippen molar-refractivity contribution in [2.24, 2.45) is 0 Å². The van der Waals surface area contributed by atoms with Crippen LogP contribution in [-0.2, 0) is 12.8 Å². The number of fused-ring (bicyclic) bond motifs is 1. The summed E-state index contributed by atoms with van der Waals surface area (Å²) in [5, 5.41) is 9.83. The van der Waals surface area contributed by atoms with E-state index in [-0.39, 0.29) is 5.88 Å². The minimum Gasteiger partial charge on any atom is -0.492 e. The number of H-pyrrole nitrogens is 1. The molecule has 3 nitrogen and oxygen atoms in total. The molecule has 0 saturated heterocycles. The van der Waals surface area contributed by atoms with Crippen molar-refractivity contribution < 1.29 is 5.11 Å². The predicted molar refractivity (Wildman–Crippen MR) is 70.9 cm³/mol. The smallest absolute Gasteiger partial charge is 0.232 e. The summed E-state index contributed by atoms with van der Waals surface area (Å²) in [7, 11) is 0. The third-order valence-corrected chi connectivity index (χ3v) is 3.74. The Morgan fingerprint density at radius 1 is 1.39 bits per heavy atom. The second-order valence-corrected chi connectivity index (χ2v) is 4.96. The normalized spacial score (nSPS) is 17.9. The quantitative estimate of drug-likeness (QED) is 0.868. The largest absolute Gasteiger partial charge is 0.492 e. The van der Waals surface area contributed by atoms with Crippen molar-refractivity contribution in [2.75, 3.05) is 0 Å². The Morgan fingerprint density at radius 2 is 2.22 bits per heavy atom. The second kappa shape index (κ2) is 4.48. The van der Waals surface area contributed by atoms with E-state index in [1.807, 2.05) is 0 Å². The van der Waals surface area contributed by atoms with Gasteiger partial charge in [0.1, 0.15) is 5.82 Å². The van der Waals surface area contributed by atoms with E-state index < -0.39 is 0 Å². The van der Waals surface area contributed by atoms with Gasteiger partial charge in [-0.3, -0.25) is 0 Å². The van der Waals surface area contributed by atoms with Gasteiger partial charge in [-0.2, -0.15) is 4.98 Å². The summed E-state index contributed by atoms with van der Waals surface area (Å²) < 4.78 is 0. The molecular weight excluding hydrogens is 224 g/mol. The standard InChI is InChI=1S/C15H18N2O/c1-2-5-13-15(18)17-14(16-13)12-9-8-10-6-3-4-7-11(10)12/h3-4,6-7,12,18H,2,5,8-9H2,1H3,(H,16,17). The summed E-state index contributed by atoms with van der Waals surface area (Å²) in [5.74, 6) is 1.41. The van der Waals surface area contributed by atoms with Crippen LogP contribution in [-0.4, -0.2) is 15.1 Å². The minimum absolute atomic E-state index is 0.177. The molecule has 3 rings (SSSR count). The molecule has 18 heavy (non-hydrogen) atoms. The van der Waals surface area contributed by atoms with Crippen LogP contribution in [0.2, 0.25) is 0 Å². The predicted octanol–water partition coefficient (Wildman–Crippen LogP) is 3.15. The Labute approximate surface area is 107 Å². The molecular formula is C15H18N2O. The molecule has 1 aromatic heterocycles. The fourth-order valence-corrected chi connectivity index (χ4v) is 2.85. The molecule has 1 aromatic carbocycles. The molecule has 0 fully saturated rings. The highest BCUT2D eigenvalue weighted by Gasteiger charge is 2.26. The Hall–Kier alpha value is -1.77. The number of rotatable bonds is 3. The molecule has 1 heterocycles. The second-order valence-electron chi connectivity index (χ2n) is 4.96. The van der Waals surface area contributed by atoms with Gasteiger partial charge >= 0.3 is 0 Å². The third-order valence-electron chi connectivity index (χ3n) is 3.74. The van der Waals surface area contributed by atoms with Crippen LogP contribution in [0.4, 0.5) is 0 Å². The van der Waals surface area contributed by atoms with Gasteiger partial charge in [-0.25, -0.2) is 0 Å². The van der Waals surface area contributed by atoms with Gasteiger partial charge in [0.05, 0.1) is 5.69 Å². The molecule has 3 heteroatoms. The van der Waals surface area contributed by atoms with E-state index in [0.717, 1.165) is 37.2 Å². The lowest BCUT2D eigenvalue weighted by Crippen LogP contribution is -1.98. The van der Waals surface area contributed by atoms with E-state index in [2.05, 4.69) is 41.2 Å². The van der Waals surface area contributed by atoms with Crippen LogP contribution >= 0.6 is 0 Å². The summed E-state index contributed by atoms with van der Waals surface area (Å²) in [4.78, 5) is 7.61. The lowest BCUT2D eigenvalue weighted by atomic mass is 10.0. The van der Waals surface area contributed by atoms with Crippen molar-refractivity contribution in [3.63, 3.8) is 0 Å². The summed E-state index contributed by atoms with van der Waals surface area (Å²) in [6.45, 7) is 2.10. The number of benzene rings is 1. The van der Waals surface area contributed by atoms with Crippen LogP contribution in [0.5, 0.6) is 5.88 Å². The molecule has 1 unspecified atom stereocenters. The number of aryl methyl sites for hydroxylation is 2. The molecule has 1 atom stereocenters. The van der Waals surface area contributed by atoms with Crippen molar-refractivity contribution in [1.29, 1.82) is 0 Å². The van der Waals surface area contributed by atoms with Gasteiger partial charge in [-0.15, -0.1) is 0 Å². The number of aromatic amines is 1. The fourth-order valence-electron chi connectivity index (χ4n) is 2.85. The summed E-state index contributed by atoms with van der Waals surface area (Å²) >= 11 is 0. The highest BCUT2D eigenvalue weighted by Crippen LogP contribution is 2.37. The molecule has 0 amide bonds. The maximum absolute atomic E-state index is 9.83. The summed E-state index contributed by atoms with van der Waals surface area (Å²) in [6.07, 6.45) is 4.05. The Bertz CT molecular complexity index is 559. The molecule has 0 bridgehead atoms. The number of nitrogens with one attached hydrogen (secondary N) is 1. The van der Waals surface area contributed by atoms with E-state index in [4.69, 9.17) is 0 Å². The van der Waals surface area contributed by atoms with Gasteiger partial charge in [0.2, 0.25) is 5.88 Å². The summed E-state index contributed by atoms with van der Waals surface area (Å²) in [6, 6.07) is 8.52. The van der Waals surface area contributed by atoms with Gasteiger partial charge in [-0.05, 0) is 30.4 Å². The highest BCUT2D eigenvalue weighted by molar-refractivity contribution is 5.39. The maximum Gasteiger partial charge on any atom is 0.232 e. The SMILES string of the molecule is CCCc1[nH]c(C2CCc3ccccc32)nc1O. The first-order chi connectivity index (χ1) is 8.79. The third kappa shape index (κ3) is 1.80. The monoisotopic (exact) mass is 242 g/mol. The summed E-state index contributed by atoms with van der Waals surface area (Å²) in [5.41, 5.74) is 3.64. The van der Waals surface area contributed by atoms with Crippen molar-refractivity contribution >= 4 is 0 Å². The van der Waals surface area contributed by atoms with E-state index in [9.17, 15) is 5.11 Å². The van der Waals surface area contributed by atoms with Crippen LogP contribution in [0, 0.1) is 0 Å². The zero-order chi connectivity index (χ0) is 12.5. The molecule has 1 aliphatic rings. The molecule has 94 valence electrons. The number of hydrogen-bond donors (Lipinski definition) is 2. The molecule has 2 aromatic rings. The fraction of sp³-hybridized carbons (Fsp3) is 0.400. The van der Waals surface area contributed by atoms with Crippen LogP contribution in [0.3, 0.4) is 0 Å². The molecule has 2 N–H and O–H groups in total. The topological polar surface area (TPSA) is 48.9 Å². The van der Waals surface area contributed by atoms with Crippen molar-refractivity contribution in [2.45, 2.75) is 38.5 Å². The average molecular weight is 242 g/mol. The van der Waals surface area contributed by atoms with Crippen LogP contribution in [0.1, 0.15) is 48.3 Å². The lowest BCUT2D eigenvalue weighted by molar-refractivity contribution is 0.447. The van der Waals surface area contributed by atoms with Gasteiger partial charge in [0.15, 0.2) is 0 Å². The van der Waals surface area contributed by atoms with Gasteiger partial charge in [0.25, 0.3) is 0 Å². The minimum atomic E-state index is 0.177. The van der Waals surface area contributed by atoms with E-state index in [0.29, 0.717) is 5.92 Å². The van der Waals surface area contributed by atoms with Gasteiger partial charge < -0.3 is 10.1 Å². The van der Waals surface area contributed by atoms with E-state index >= 15 is 0 Å². The number of aromatic hydroxyl groups is 1. The van der Waals surface area contributed by atoms with Crippen LogP contribution in [0.15, 0.2) is 24.3 Å². The highest BCUT2D eigenvalue weighted by atomic mass is 16.3. The van der Waals surface area contributed by atoms with Crippen LogP contribution < -0.4 is 0 Å². The Morgan fingerprint density at radius 3 is 3.06 bits per heavy atom. The zero-order valence-corrected chi connectivity index (χ0v) is 10.6. The molecule has 1 aliphatic carbocycles.